The van der Waals surface area contributed by atoms with Crippen LogP contribution in [0.3, 0.4) is 0 Å². The van der Waals surface area contributed by atoms with E-state index in [1.54, 1.807) is 5.51 Å². The molecule has 26 heavy (non-hydrogen) atoms. The number of thiazole rings is 1. The number of nitrogens with zero attached hydrogens (tertiary/aromatic N) is 6. The Morgan fingerprint density at radius 1 is 1.19 bits per heavy atom. The molecule has 0 bridgehead atoms. The van der Waals surface area contributed by atoms with Crippen LogP contribution >= 0.6 is 11.3 Å². The third-order valence-electron chi connectivity index (χ3n) is 5.54. The van der Waals surface area contributed by atoms with Gasteiger partial charge in [0.1, 0.15) is 17.3 Å². The molecule has 0 spiro atoms. The number of hydrogen-bond donors (Lipinski definition) is 0. The first-order valence-corrected chi connectivity index (χ1v) is 10.4. The molecule has 7 nitrogen and oxygen atoms in total. The average Bonchev–Trinajstić information content (AvgIpc) is 3.33. The molecule has 2 aliphatic rings. The van der Waals surface area contributed by atoms with Crippen LogP contribution in [-0.2, 0) is 13.6 Å². The highest BCUT2D eigenvalue weighted by Gasteiger charge is 2.29. The number of likely N-dealkylation sites (tertiary alicyclic amines) is 2. The lowest BCUT2D eigenvalue weighted by molar-refractivity contribution is 0.0698. The van der Waals surface area contributed by atoms with Gasteiger partial charge in [0.15, 0.2) is 0 Å². The van der Waals surface area contributed by atoms with E-state index in [1.807, 2.05) is 10.3 Å². The molecule has 2 aliphatic heterocycles. The van der Waals surface area contributed by atoms with Crippen LogP contribution in [0.15, 0.2) is 10.9 Å². The second-order valence-electron chi connectivity index (χ2n) is 7.33. The number of aromatic nitrogens is 4. The number of piperidine rings is 2. The lowest BCUT2D eigenvalue weighted by Crippen LogP contribution is -2.40. The second kappa shape index (κ2) is 7.84. The topological polar surface area (TPSA) is 67.2 Å². The van der Waals surface area contributed by atoms with E-state index in [9.17, 15) is 4.79 Å². The summed E-state index contributed by atoms with van der Waals surface area (Å²) in [5, 5.41) is 10.8. The van der Waals surface area contributed by atoms with Crippen LogP contribution in [0.25, 0.3) is 0 Å². The first-order valence-electron chi connectivity index (χ1n) is 9.50. The fraction of sp³-hybridized carbons (Fsp3) is 0.667. The predicted molar refractivity (Wildman–Crippen MR) is 100 cm³/mol. The van der Waals surface area contributed by atoms with E-state index in [4.69, 9.17) is 0 Å². The molecule has 2 saturated heterocycles. The third-order valence-corrected chi connectivity index (χ3v) is 6.12. The number of hydrogen-bond acceptors (Lipinski definition) is 6. The Morgan fingerprint density at radius 3 is 2.81 bits per heavy atom. The molecule has 0 aliphatic carbocycles. The van der Waals surface area contributed by atoms with Crippen LogP contribution in [-0.4, -0.2) is 61.6 Å². The second-order valence-corrected chi connectivity index (χ2v) is 8.05. The monoisotopic (exact) mass is 374 g/mol. The Kier molecular flexibility index (Phi) is 5.31. The molecular formula is C18H26N6OS. The van der Waals surface area contributed by atoms with Gasteiger partial charge in [0.05, 0.1) is 12.1 Å². The zero-order valence-corrected chi connectivity index (χ0v) is 16.1. The van der Waals surface area contributed by atoms with E-state index in [0.717, 1.165) is 50.7 Å². The number of carbonyl (C=O) groups is 1. The Hall–Kier alpha value is -1.80. The van der Waals surface area contributed by atoms with Gasteiger partial charge >= 0.3 is 0 Å². The quantitative estimate of drug-likeness (QED) is 0.821. The first-order chi connectivity index (χ1) is 12.7. The summed E-state index contributed by atoms with van der Waals surface area (Å²) in [5.74, 6) is 2.32. The number of amides is 1. The molecule has 0 aromatic carbocycles. The fourth-order valence-electron chi connectivity index (χ4n) is 4.04. The van der Waals surface area contributed by atoms with Crippen molar-refractivity contribution in [2.45, 2.75) is 44.6 Å². The van der Waals surface area contributed by atoms with Crippen LogP contribution < -0.4 is 0 Å². The van der Waals surface area contributed by atoms with Gasteiger partial charge in [0.25, 0.3) is 5.91 Å². The van der Waals surface area contributed by atoms with E-state index >= 15 is 0 Å². The van der Waals surface area contributed by atoms with Crippen molar-refractivity contribution in [3.8, 4) is 0 Å². The molecule has 140 valence electrons. The zero-order valence-electron chi connectivity index (χ0n) is 15.3. The molecule has 4 heterocycles. The van der Waals surface area contributed by atoms with Crippen molar-refractivity contribution in [2.75, 3.05) is 26.2 Å². The van der Waals surface area contributed by atoms with Crippen molar-refractivity contribution in [1.82, 2.24) is 29.5 Å². The highest BCUT2D eigenvalue weighted by atomic mass is 32.1. The minimum absolute atomic E-state index is 0.0339. The van der Waals surface area contributed by atoms with Crippen molar-refractivity contribution < 1.29 is 4.79 Å². The van der Waals surface area contributed by atoms with Gasteiger partial charge in [-0.05, 0) is 38.8 Å². The van der Waals surface area contributed by atoms with Gasteiger partial charge < -0.3 is 9.47 Å². The maximum atomic E-state index is 12.6. The molecule has 0 saturated carbocycles. The molecule has 2 aromatic rings. The van der Waals surface area contributed by atoms with E-state index in [2.05, 4.69) is 31.7 Å². The van der Waals surface area contributed by atoms with Gasteiger partial charge in [-0.1, -0.05) is 6.42 Å². The SMILES string of the molecule is Cn1c(CN2CCCCC2)nnc1C1CCCN(C(=O)c2cscn2)C1. The van der Waals surface area contributed by atoms with Crippen molar-refractivity contribution in [1.29, 1.82) is 0 Å². The lowest BCUT2D eigenvalue weighted by atomic mass is 9.97. The summed E-state index contributed by atoms with van der Waals surface area (Å²) in [7, 11) is 2.07. The molecule has 2 fully saturated rings. The maximum absolute atomic E-state index is 12.6. The van der Waals surface area contributed by atoms with Crippen molar-refractivity contribution in [3.63, 3.8) is 0 Å². The largest absolute Gasteiger partial charge is 0.337 e. The number of carbonyl (C=O) groups excluding carboxylic acids is 1. The van der Waals surface area contributed by atoms with Gasteiger partial charge in [0, 0.05) is 31.4 Å². The van der Waals surface area contributed by atoms with Crippen molar-refractivity contribution in [3.05, 3.63) is 28.2 Å². The standard InChI is InChI=1S/C18H26N6OS/c1-22-16(11-23-7-3-2-4-8-23)20-21-17(22)14-6-5-9-24(10-14)18(25)15-12-26-13-19-15/h12-14H,2-11H2,1H3. The summed E-state index contributed by atoms with van der Waals surface area (Å²) >= 11 is 1.46. The van der Waals surface area contributed by atoms with Gasteiger partial charge in [0.2, 0.25) is 0 Å². The predicted octanol–water partition coefficient (Wildman–Crippen LogP) is 2.28. The summed E-state index contributed by atoms with van der Waals surface area (Å²) < 4.78 is 2.15. The molecular weight excluding hydrogens is 348 g/mol. The third kappa shape index (κ3) is 3.66. The lowest BCUT2D eigenvalue weighted by Gasteiger charge is -2.32. The van der Waals surface area contributed by atoms with Crippen LogP contribution in [0.2, 0.25) is 0 Å². The van der Waals surface area contributed by atoms with E-state index in [0.29, 0.717) is 12.2 Å². The van der Waals surface area contributed by atoms with E-state index in [-0.39, 0.29) is 11.8 Å². The smallest absolute Gasteiger partial charge is 0.273 e. The first kappa shape index (κ1) is 17.6. The van der Waals surface area contributed by atoms with Gasteiger partial charge in [-0.15, -0.1) is 21.5 Å². The molecule has 8 heteroatoms. The summed E-state index contributed by atoms with van der Waals surface area (Å²) in [5.41, 5.74) is 2.27. The van der Waals surface area contributed by atoms with Crippen LogP contribution in [0.1, 0.15) is 60.2 Å². The molecule has 1 atom stereocenters. The Morgan fingerprint density at radius 2 is 2.04 bits per heavy atom. The van der Waals surface area contributed by atoms with E-state index in [1.165, 1.54) is 30.6 Å². The van der Waals surface area contributed by atoms with Crippen LogP contribution in [0.5, 0.6) is 0 Å². The normalized spacial score (nSPS) is 21.9. The highest BCUT2D eigenvalue weighted by Crippen LogP contribution is 2.27. The van der Waals surface area contributed by atoms with Gasteiger partial charge in [-0.25, -0.2) is 4.98 Å². The molecule has 4 rings (SSSR count). The molecule has 1 unspecified atom stereocenters. The zero-order chi connectivity index (χ0) is 17.9. The Labute approximate surface area is 158 Å². The minimum atomic E-state index is 0.0339. The summed E-state index contributed by atoms with van der Waals surface area (Å²) in [6.45, 7) is 4.68. The van der Waals surface area contributed by atoms with Crippen LogP contribution in [0.4, 0.5) is 0 Å². The maximum Gasteiger partial charge on any atom is 0.273 e. The van der Waals surface area contributed by atoms with Crippen molar-refractivity contribution in [2.24, 2.45) is 7.05 Å². The van der Waals surface area contributed by atoms with Gasteiger partial charge in [-0.3, -0.25) is 9.69 Å². The minimum Gasteiger partial charge on any atom is -0.337 e. The Bertz CT molecular complexity index is 737. The Balaban J connectivity index is 1.44. The molecule has 1 amide bonds. The van der Waals surface area contributed by atoms with Gasteiger partial charge in [-0.2, -0.15) is 0 Å². The van der Waals surface area contributed by atoms with Crippen molar-refractivity contribution >= 4 is 17.2 Å². The number of rotatable bonds is 4. The van der Waals surface area contributed by atoms with Crippen LogP contribution in [0, 0.1) is 0 Å². The summed E-state index contributed by atoms with van der Waals surface area (Å²) in [6, 6.07) is 0. The molecule has 2 aromatic heterocycles. The molecule has 0 radical (unpaired) electrons. The fourth-order valence-corrected chi connectivity index (χ4v) is 4.56. The highest BCUT2D eigenvalue weighted by molar-refractivity contribution is 7.07. The van der Waals surface area contributed by atoms with E-state index < -0.39 is 0 Å². The summed E-state index contributed by atoms with van der Waals surface area (Å²) in [6.07, 6.45) is 5.94. The average molecular weight is 375 g/mol. The summed E-state index contributed by atoms with van der Waals surface area (Å²) in [4.78, 5) is 21.2. The molecule has 0 N–H and O–H groups in total.